The normalized spacial score (nSPS) is 10.8. The van der Waals surface area contributed by atoms with Crippen LogP contribution in [0, 0.1) is 6.92 Å². The molecule has 5 nitrogen and oxygen atoms in total. The van der Waals surface area contributed by atoms with Crippen LogP contribution in [-0.4, -0.2) is 27.5 Å². The predicted octanol–water partition coefficient (Wildman–Crippen LogP) is 1.79. The van der Waals surface area contributed by atoms with Crippen LogP contribution in [0.2, 0.25) is 0 Å². The third-order valence-electron chi connectivity index (χ3n) is 2.32. The summed E-state index contributed by atoms with van der Waals surface area (Å²) in [5.41, 5.74) is 0.138. The first-order chi connectivity index (χ1) is 8.90. The fraction of sp³-hybridized carbons (Fsp3) is 0.545. The first-order valence-corrected chi connectivity index (χ1v) is 6.05. The Kier molecular flexibility index (Phi) is 5.88. The summed E-state index contributed by atoms with van der Waals surface area (Å²) in [4.78, 5) is 22.0. The molecule has 0 spiro atoms. The summed E-state index contributed by atoms with van der Waals surface area (Å²) < 4.78 is 26.3. The van der Waals surface area contributed by atoms with Gasteiger partial charge in [0.2, 0.25) is 11.1 Å². The van der Waals surface area contributed by atoms with Crippen molar-refractivity contribution < 1.29 is 18.4 Å². The van der Waals surface area contributed by atoms with E-state index in [-0.39, 0.29) is 25.2 Å². The van der Waals surface area contributed by atoms with Gasteiger partial charge in [-0.25, -0.2) is 8.78 Å². The lowest BCUT2D eigenvalue weighted by Crippen LogP contribution is -2.29. The van der Waals surface area contributed by atoms with Crippen LogP contribution in [0.5, 0.6) is 0 Å². The van der Waals surface area contributed by atoms with Crippen molar-refractivity contribution in [3.8, 4) is 0 Å². The minimum absolute atomic E-state index is 0.158. The van der Waals surface area contributed by atoms with E-state index in [2.05, 4.69) is 10.4 Å². The number of halogens is 3. The molecule has 1 aromatic heterocycles. The maximum Gasteiger partial charge on any atom is 0.280 e. The van der Waals surface area contributed by atoms with Gasteiger partial charge in [-0.05, 0) is 31.0 Å². The van der Waals surface area contributed by atoms with Gasteiger partial charge in [0.15, 0.2) is 0 Å². The molecule has 8 heteroatoms. The average Bonchev–Trinajstić information content (AvgIpc) is 2.65. The zero-order chi connectivity index (χ0) is 14.4. The number of aryl methyl sites for hydroxylation is 1. The first-order valence-electron chi connectivity index (χ1n) is 5.67. The predicted molar refractivity (Wildman–Crippen MR) is 65.0 cm³/mol. The van der Waals surface area contributed by atoms with Crippen molar-refractivity contribution in [3.05, 3.63) is 17.5 Å². The smallest absolute Gasteiger partial charge is 0.280 e. The molecule has 1 heterocycles. The Labute approximate surface area is 113 Å². The molecule has 0 aliphatic rings. The lowest BCUT2D eigenvalue weighted by Gasteiger charge is -2.07. The molecule has 1 rings (SSSR count). The van der Waals surface area contributed by atoms with Crippen molar-refractivity contribution >= 4 is 22.8 Å². The van der Waals surface area contributed by atoms with E-state index in [1.165, 1.54) is 6.07 Å². The fourth-order valence-corrected chi connectivity index (χ4v) is 1.65. The van der Waals surface area contributed by atoms with Crippen molar-refractivity contribution in [1.29, 1.82) is 0 Å². The Bertz CT molecular complexity index is 463. The summed E-state index contributed by atoms with van der Waals surface area (Å²) in [6.45, 7) is 1.57. The topological polar surface area (TPSA) is 64.0 Å². The van der Waals surface area contributed by atoms with Gasteiger partial charge in [0.1, 0.15) is 12.2 Å². The number of carbonyl (C=O) groups excluding carboxylic acids is 2. The molecular formula is C11H14ClF2N3O2. The summed E-state index contributed by atoms with van der Waals surface area (Å²) in [5.74, 6) is -0.438. The molecule has 0 aromatic carbocycles. The number of aromatic nitrogens is 2. The van der Waals surface area contributed by atoms with Crippen LogP contribution in [0.1, 0.15) is 30.7 Å². The molecule has 0 saturated carbocycles. The minimum atomic E-state index is -2.68. The highest BCUT2D eigenvalue weighted by Gasteiger charge is 2.17. The second-order valence-corrected chi connectivity index (χ2v) is 4.40. The van der Waals surface area contributed by atoms with Crippen molar-refractivity contribution in [2.24, 2.45) is 0 Å². The summed E-state index contributed by atoms with van der Waals surface area (Å²) in [5, 5.41) is 5.86. The van der Waals surface area contributed by atoms with Gasteiger partial charge < -0.3 is 5.32 Å². The Morgan fingerprint density at radius 2 is 2.21 bits per heavy atom. The van der Waals surface area contributed by atoms with Gasteiger partial charge in [-0.1, -0.05) is 0 Å². The number of nitrogens with one attached hydrogen (secondary N) is 1. The Hall–Kier alpha value is -1.50. The van der Waals surface area contributed by atoms with E-state index < -0.39 is 17.6 Å². The highest BCUT2D eigenvalue weighted by Crippen LogP contribution is 2.19. The van der Waals surface area contributed by atoms with E-state index in [9.17, 15) is 18.4 Å². The minimum Gasteiger partial charge on any atom is -0.354 e. The lowest BCUT2D eigenvalue weighted by molar-refractivity contribution is -0.122. The van der Waals surface area contributed by atoms with Crippen molar-refractivity contribution in [3.63, 3.8) is 0 Å². The summed E-state index contributed by atoms with van der Waals surface area (Å²) in [6.07, 6.45) is -2.11. The molecule has 0 bridgehead atoms. The van der Waals surface area contributed by atoms with Crippen LogP contribution in [-0.2, 0) is 16.1 Å². The van der Waals surface area contributed by atoms with Gasteiger partial charge in [-0.3, -0.25) is 14.3 Å². The SMILES string of the molecule is Cc1cc(C(F)F)n(CC(=O)NCCCC(=O)Cl)n1. The van der Waals surface area contributed by atoms with E-state index in [1.807, 2.05) is 0 Å². The standard InChI is InChI=1S/C11H14ClF2N3O2/c1-7-5-8(11(13)14)17(16-7)6-10(19)15-4-2-3-9(12)18/h5,11H,2-4,6H2,1H3,(H,15,19). The van der Waals surface area contributed by atoms with E-state index in [4.69, 9.17) is 11.6 Å². The number of rotatable bonds is 7. The number of amides is 1. The molecule has 19 heavy (non-hydrogen) atoms. The Morgan fingerprint density at radius 3 is 2.79 bits per heavy atom. The number of hydrogen-bond acceptors (Lipinski definition) is 3. The monoisotopic (exact) mass is 293 g/mol. The molecule has 0 saturated heterocycles. The van der Waals surface area contributed by atoms with Crippen LogP contribution in [0.25, 0.3) is 0 Å². The fourth-order valence-electron chi connectivity index (χ4n) is 1.51. The third-order valence-corrected chi connectivity index (χ3v) is 2.51. The van der Waals surface area contributed by atoms with E-state index >= 15 is 0 Å². The van der Waals surface area contributed by atoms with Crippen LogP contribution in [0.3, 0.4) is 0 Å². The largest absolute Gasteiger partial charge is 0.354 e. The zero-order valence-corrected chi connectivity index (χ0v) is 11.1. The van der Waals surface area contributed by atoms with Gasteiger partial charge >= 0.3 is 0 Å². The second-order valence-electron chi connectivity index (χ2n) is 3.98. The molecule has 0 aliphatic carbocycles. The molecule has 0 radical (unpaired) electrons. The van der Waals surface area contributed by atoms with E-state index in [0.29, 0.717) is 12.1 Å². The van der Waals surface area contributed by atoms with Gasteiger partial charge in [0.25, 0.3) is 6.43 Å². The van der Waals surface area contributed by atoms with E-state index in [0.717, 1.165) is 4.68 Å². The number of nitrogens with zero attached hydrogens (tertiary/aromatic N) is 2. The lowest BCUT2D eigenvalue weighted by atomic mass is 10.3. The van der Waals surface area contributed by atoms with Crippen molar-refractivity contribution in [1.82, 2.24) is 15.1 Å². The second kappa shape index (κ2) is 7.18. The van der Waals surface area contributed by atoms with Crippen LogP contribution >= 0.6 is 11.6 Å². The summed E-state index contributed by atoms with van der Waals surface area (Å²) in [7, 11) is 0. The summed E-state index contributed by atoms with van der Waals surface area (Å²) in [6, 6.07) is 1.24. The Balaban J connectivity index is 2.46. The molecule has 0 unspecified atom stereocenters. The zero-order valence-electron chi connectivity index (χ0n) is 10.3. The summed E-state index contributed by atoms with van der Waals surface area (Å²) >= 11 is 5.13. The number of alkyl halides is 2. The first kappa shape index (κ1) is 15.6. The molecule has 0 atom stereocenters. The molecule has 0 aliphatic heterocycles. The molecule has 1 N–H and O–H groups in total. The van der Waals surface area contributed by atoms with E-state index in [1.54, 1.807) is 6.92 Å². The highest BCUT2D eigenvalue weighted by atomic mass is 35.5. The van der Waals surface area contributed by atoms with Crippen LogP contribution in [0.15, 0.2) is 6.07 Å². The molecule has 1 amide bonds. The maximum absolute atomic E-state index is 12.6. The molecule has 106 valence electrons. The number of hydrogen-bond donors (Lipinski definition) is 1. The quantitative estimate of drug-likeness (QED) is 0.616. The van der Waals surface area contributed by atoms with Crippen molar-refractivity contribution in [2.45, 2.75) is 32.7 Å². The van der Waals surface area contributed by atoms with Crippen LogP contribution < -0.4 is 5.32 Å². The number of carbonyl (C=O) groups is 2. The van der Waals surface area contributed by atoms with Gasteiger partial charge in [-0.15, -0.1) is 0 Å². The van der Waals surface area contributed by atoms with Crippen LogP contribution in [0.4, 0.5) is 8.78 Å². The molecular weight excluding hydrogens is 280 g/mol. The maximum atomic E-state index is 12.6. The van der Waals surface area contributed by atoms with Gasteiger partial charge in [0, 0.05) is 13.0 Å². The van der Waals surface area contributed by atoms with Gasteiger partial charge in [-0.2, -0.15) is 5.10 Å². The van der Waals surface area contributed by atoms with Crippen molar-refractivity contribution in [2.75, 3.05) is 6.54 Å². The third kappa shape index (κ3) is 5.34. The molecule has 0 fully saturated rings. The molecule has 1 aromatic rings. The average molecular weight is 294 g/mol. The Morgan fingerprint density at radius 1 is 1.53 bits per heavy atom. The highest BCUT2D eigenvalue weighted by molar-refractivity contribution is 6.63. The van der Waals surface area contributed by atoms with Gasteiger partial charge in [0.05, 0.1) is 5.69 Å².